The number of aliphatic carboxylic acids is 1. The number of piperidine rings is 1. The van der Waals surface area contributed by atoms with Gasteiger partial charge >= 0.3 is 5.97 Å². The summed E-state index contributed by atoms with van der Waals surface area (Å²) in [5.41, 5.74) is 8.62. The van der Waals surface area contributed by atoms with Gasteiger partial charge in [-0.25, -0.2) is 0 Å². The van der Waals surface area contributed by atoms with Crippen molar-refractivity contribution in [1.82, 2.24) is 4.90 Å². The van der Waals surface area contributed by atoms with Crippen molar-refractivity contribution < 1.29 is 9.90 Å². The molecule has 1 aromatic rings. The average Bonchev–Trinajstić information content (AvgIpc) is 2.52. The highest BCUT2D eigenvalue weighted by Crippen LogP contribution is 2.28. The maximum atomic E-state index is 11.0. The first-order valence-corrected chi connectivity index (χ1v) is 8.55. The molecule has 1 heterocycles. The molecule has 1 fully saturated rings. The van der Waals surface area contributed by atoms with Gasteiger partial charge in [0.2, 0.25) is 0 Å². The fourth-order valence-electron chi connectivity index (χ4n) is 3.00. The zero-order valence-corrected chi connectivity index (χ0v) is 14.6. The van der Waals surface area contributed by atoms with Crippen molar-refractivity contribution in [3.63, 3.8) is 0 Å². The van der Waals surface area contributed by atoms with Gasteiger partial charge in [-0.15, -0.1) is 0 Å². The molecule has 0 saturated carbocycles. The molecule has 5 nitrogen and oxygen atoms in total. The molecule has 1 aliphatic heterocycles. The Balaban J connectivity index is 1.94. The predicted molar refractivity (Wildman–Crippen MR) is 95.1 cm³/mol. The Morgan fingerprint density at radius 1 is 1.48 bits per heavy atom. The van der Waals surface area contributed by atoms with Crippen molar-refractivity contribution in [2.45, 2.75) is 39.2 Å². The number of rotatable bonds is 6. The van der Waals surface area contributed by atoms with Gasteiger partial charge in [-0.1, -0.05) is 18.5 Å². The number of anilines is 2. The second kappa shape index (κ2) is 7.88. The summed E-state index contributed by atoms with van der Waals surface area (Å²) in [6.07, 6.45) is 2.42. The van der Waals surface area contributed by atoms with Crippen LogP contribution < -0.4 is 11.1 Å². The molecule has 0 amide bonds. The summed E-state index contributed by atoms with van der Waals surface area (Å²) in [5.74, 6) is -0.859. The van der Waals surface area contributed by atoms with E-state index in [-0.39, 0.29) is 12.0 Å². The molecule has 0 radical (unpaired) electrons. The first-order valence-electron chi connectivity index (χ1n) is 8.18. The summed E-state index contributed by atoms with van der Waals surface area (Å²) in [5, 5.41) is 13.3. The van der Waals surface area contributed by atoms with Crippen LogP contribution in [0.4, 0.5) is 11.4 Å². The molecule has 1 aromatic carbocycles. The number of carbonyl (C=O) groups is 1. The number of nitrogens with one attached hydrogen (secondary N) is 1. The van der Waals surface area contributed by atoms with Crippen LogP contribution in [0.3, 0.4) is 0 Å². The molecule has 0 aliphatic carbocycles. The maximum Gasteiger partial charge on any atom is 0.306 e. The van der Waals surface area contributed by atoms with Gasteiger partial charge in [-0.3, -0.25) is 4.79 Å². The second-order valence-electron chi connectivity index (χ2n) is 6.35. The Morgan fingerprint density at radius 2 is 2.13 bits per heavy atom. The molecular formula is C17H26ClN3O2. The van der Waals surface area contributed by atoms with E-state index in [1.807, 2.05) is 19.1 Å². The van der Waals surface area contributed by atoms with Gasteiger partial charge in [-0.05, 0) is 57.0 Å². The van der Waals surface area contributed by atoms with Crippen LogP contribution in [0.2, 0.25) is 5.02 Å². The van der Waals surface area contributed by atoms with Crippen molar-refractivity contribution in [2.24, 2.45) is 5.92 Å². The number of nitrogens with two attached hydrogens (primary N) is 1. The summed E-state index contributed by atoms with van der Waals surface area (Å²) < 4.78 is 0. The number of hydrogen-bond acceptors (Lipinski definition) is 4. The number of likely N-dealkylation sites (tertiary alicyclic amines) is 1. The van der Waals surface area contributed by atoms with E-state index < -0.39 is 5.97 Å². The highest BCUT2D eigenvalue weighted by Gasteiger charge is 2.25. The van der Waals surface area contributed by atoms with Crippen LogP contribution in [-0.2, 0) is 4.79 Å². The van der Waals surface area contributed by atoms with Crippen LogP contribution in [0.25, 0.3) is 0 Å². The van der Waals surface area contributed by atoms with Gasteiger partial charge in [0.1, 0.15) is 0 Å². The fraction of sp³-hybridized carbons (Fsp3) is 0.588. The van der Waals surface area contributed by atoms with E-state index in [2.05, 4.69) is 17.1 Å². The smallest absolute Gasteiger partial charge is 0.306 e. The number of carboxylic acids is 1. The Labute approximate surface area is 142 Å². The lowest BCUT2D eigenvalue weighted by atomic mass is 9.96. The molecule has 6 heteroatoms. The fourth-order valence-corrected chi connectivity index (χ4v) is 3.16. The first-order chi connectivity index (χ1) is 10.9. The van der Waals surface area contributed by atoms with Crippen LogP contribution in [0.15, 0.2) is 12.1 Å². The third-order valence-corrected chi connectivity index (χ3v) is 5.01. The van der Waals surface area contributed by atoms with Crippen molar-refractivity contribution in [1.29, 1.82) is 0 Å². The largest absolute Gasteiger partial charge is 0.481 e. The predicted octanol–water partition coefficient (Wildman–Crippen LogP) is 3.22. The highest BCUT2D eigenvalue weighted by molar-refractivity contribution is 6.31. The molecule has 1 atom stereocenters. The lowest BCUT2D eigenvalue weighted by Gasteiger charge is -2.33. The minimum absolute atomic E-state index is 0.189. The molecule has 1 saturated heterocycles. The zero-order chi connectivity index (χ0) is 17.0. The van der Waals surface area contributed by atoms with E-state index in [1.54, 1.807) is 0 Å². The Hall–Kier alpha value is -1.46. The third-order valence-electron chi connectivity index (χ3n) is 4.60. The van der Waals surface area contributed by atoms with Crippen LogP contribution in [0.5, 0.6) is 0 Å². The van der Waals surface area contributed by atoms with Gasteiger partial charge in [0.25, 0.3) is 0 Å². The molecule has 4 N–H and O–H groups in total. The SMILES string of the molecule is CCC(CN1CCC(C(=O)O)CC1)Nc1cc(Cl)c(C)cc1N. The molecule has 0 spiro atoms. The van der Waals surface area contributed by atoms with E-state index >= 15 is 0 Å². The molecule has 23 heavy (non-hydrogen) atoms. The summed E-state index contributed by atoms with van der Waals surface area (Å²) in [7, 11) is 0. The zero-order valence-electron chi connectivity index (χ0n) is 13.8. The van der Waals surface area contributed by atoms with Crippen molar-refractivity contribution in [3.05, 3.63) is 22.7 Å². The molecule has 128 valence electrons. The van der Waals surface area contributed by atoms with Gasteiger partial charge in [-0.2, -0.15) is 0 Å². The first kappa shape index (κ1) is 17.9. The van der Waals surface area contributed by atoms with Gasteiger partial charge in [0.05, 0.1) is 17.3 Å². The third kappa shape index (κ3) is 4.75. The molecule has 1 unspecified atom stereocenters. The van der Waals surface area contributed by atoms with Crippen LogP contribution in [0, 0.1) is 12.8 Å². The van der Waals surface area contributed by atoms with Gasteiger partial charge in [0.15, 0.2) is 0 Å². The minimum atomic E-state index is -0.670. The topological polar surface area (TPSA) is 78.6 Å². The number of halogens is 1. The van der Waals surface area contributed by atoms with Crippen LogP contribution >= 0.6 is 11.6 Å². The second-order valence-corrected chi connectivity index (χ2v) is 6.76. The Kier molecular flexibility index (Phi) is 6.13. The number of hydrogen-bond donors (Lipinski definition) is 3. The standard InChI is InChI=1S/C17H26ClN3O2/c1-3-13(10-21-6-4-12(5-7-21)17(22)23)20-16-9-14(18)11(2)8-15(16)19/h8-9,12-13,20H,3-7,10,19H2,1-2H3,(H,22,23). The van der Waals surface area contributed by atoms with E-state index in [4.69, 9.17) is 22.4 Å². The van der Waals surface area contributed by atoms with E-state index in [0.717, 1.165) is 50.1 Å². The van der Waals surface area contributed by atoms with E-state index in [0.29, 0.717) is 10.7 Å². The van der Waals surface area contributed by atoms with E-state index in [1.165, 1.54) is 0 Å². The van der Waals surface area contributed by atoms with Crippen molar-refractivity contribution in [2.75, 3.05) is 30.7 Å². The Morgan fingerprint density at radius 3 is 2.70 bits per heavy atom. The number of carboxylic acid groups (broad SMARTS) is 1. The molecular weight excluding hydrogens is 314 g/mol. The summed E-state index contributed by atoms with van der Waals surface area (Å²) >= 11 is 6.19. The van der Waals surface area contributed by atoms with Crippen LogP contribution in [0.1, 0.15) is 31.7 Å². The molecule has 0 aromatic heterocycles. The summed E-state index contributed by atoms with van der Waals surface area (Å²) in [6.45, 7) is 6.62. The van der Waals surface area contributed by atoms with Crippen molar-refractivity contribution >= 4 is 28.9 Å². The van der Waals surface area contributed by atoms with Crippen LogP contribution in [-0.4, -0.2) is 41.7 Å². The summed E-state index contributed by atoms with van der Waals surface area (Å²) in [4.78, 5) is 13.3. The number of nitrogen functional groups attached to an aromatic ring is 1. The Bertz CT molecular complexity index is 557. The van der Waals surface area contributed by atoms with Gasteiger partial charge in [0, 0.05) is 17.6 Å². The lowest BCUT2D eigenvalue weighted by molar-refractivity contribution is -0.143. The molecule has 1 aliphatic rings. The number of aryl methyl sites for hydroxylation is 1. The summed E-state index contributed by atoms with van der Waals surface area (Å²) in [6, 6.07) is 4.03. The molecule has 2 rings (SSSR count). The normalized spacial score (nSPS) is 17.9. The number of nitrogens with zero attached hydrogens (tertiary/aromatic N) is 1. The average molecular weight is 340 g/mol. The number of benzene rings is 1. The van der Waals surface area contributed by atoms with Crippen molar-refractivity contribution in [3.8, 4) is 0 Å². The maximum absolute atomic E-state index is 11.0. The van der Waals surface area contributed by atoms with Gasteiger partial charge < -0.3 is 21.1 Å². The lowest BCUT2D eigenvalue weighted by Crippen LogP contribution is -2.42. The minimum Gasteiger partial charge on any atom is -0.481 e. The molecule has 0 bridgehead atoms. The van der Waals surface area contributed by atoms with E-state index in [9.17, 15) is 4.79 Å². The monoisotopic (exact) mass is 339 g/mol. The highest BCUT2D eigenvalue weighted by atomic mass is 35.5. The quantitative estimate of drug-likeness (QED) is 0.693.